The van der Waals surface area contributed by atoms with Gasteiger partial charge in [0.15, 0.2) is 0 Å². The van der Waals surface area contributed by atoms with Gasteiger partial charge in [0.1, 0.15) is 36.8 Å². The van der Waals surface area contributed by atoms with Crippen molar-refractivity contribution in [2.45, 2.75) is 103 Å². The lowest BCUT2D eigenvalue weighted by atomic mass is 9.88. The third-order valence-electron chi connectivity index (χ3n) is 11.9. The van der Waals surface area contributed by atoms with Crippen LogP contribution in [0.2, 0.25) is 0 Å². The second-order valence-corrected chi connectivity index (χ2v) is 17.1. The highest BCUT2D eigenvalue weighted by atomic mass is 16.6. The number of hydrogen-bond donors (Lipinski definition) is 1. The number of carbonyl (C=O) groups is 3. The van der Waals surface area contributed by atoms with Crippen molar-refractivity contribution in [2.24, 2.45) is 0 Å². The number of amides is 1. The van der Waals surface area contributed by atoms with Crippen LogP contribution in [-0.4, -0.2) is 73.7 Å². The third-order valence-corrected chi connectivity index (χ3v) is 11.9. The molecule has 366 valence electrons. The molecule has 12 nitrogen and oxygen atoms in total. The van der Waals surface area contributed by atoms with Gasteiger partial charge in [-0.2, -0.15) is 0 Å². The van der Waals surface area contributed by atoms with Gasteiger partial charge in [-0.3, -0.25) is 4.79 Å². The van der Waals surface area contributed by atoms with Gasteiger partial charge in [0.2, 0.25) is 11.4 Å². The Morgan fingerprint density at radius 3 is 1.40 bits per heavy atom. The molecule has 0 spiro atoms. The van der Waals surface area contributed by atoms with Gasteiger partial charge < -0.3 is 43.2 Å². The number of rotatable bonds is 25. The zero-order valence-electron chi connectivity index (χ0n) is 40.1. The molecule has 7 rings (SSSR count). The number of esters is 2. The minimum absolute atomic E-state index is 0.0225. The second-order valence-electron chi connectivity index (χ2n) is 17.1. The van der Waals surface area contributed by atoms with Crippen molar-refractivity contribution in [1.29, 1.82) is 0 Å². The van der Waals surface area contributed by atoms with Crippen molar-refractivity contribution in [1.82, 2.24) is 5.32 Å². The van der Waals surface area contributed by atoms with Crippen LogP contribution in [0.15, 0.2) is 170 Å². The molecule has 70 heavy (non-hydrogen) atoms. The van der Waals surface area contributed by atoms with Crippen LogP contribution < -0.4 is 10.1 Å². The van der Waals surface area contributed by atoms with Gasteiger partial charge in [-0.1, -0.05) is 164 Å². The van der Waals surface area contributed by atoms with E-state index >= 15 is 0 Å². The lowest BCUT2D eigenvalue weighted by Gasteiger charge is -2.46. The Labute approximate surface area is 411 Å². The van der Waals surface area contributed by atoms with E-state index in [9.17, 15) is 14.4 Å². The molecular formula is C58H63NO11. The maximum Gasteiger partial charge on any atom is 0.344 e. The van der Waals surface area contributed by atoms with Crippen molar-refractivity contribution in [3.05, 3.63) is 209 Å². The largest absolute Gasteiger partial charge is 0.489 e. The lowest BCUT2D eigenvalue weighted by Crippen LogP contribution is -2.62. The first-order valence-electron chi connectivity index (χ1n) is 23.9. The standard InChI is InChI=1S/C58H63NO11/c1-4-64-56(61)58(59-42(3)60,57(62)65-5-2)35-48-31-32-49(50(33-48)66-37-44-23-13-7-14-24-44)34-51-53(67-38-45-25-15-8-16-26-45)55(69-40-47-29-19-10-20-30-47)54(68-39-46-27-17-9-18-28-46)52(70-51)41-63-36-43-21-11-6-12-22-43/h6-33,51-55H,4-5,34-41H2,1-3H3,(H,59,60)/t51-,52+,53-,54+,55+/m0/s1. The molecule has 0 unspecified atom stereocenters. The maximum absolute atomic E-state index is 13.7. The molecule has 1 aliphatic rings. The SMILES string of the molecule is CCOC(=O)C(Cc1ccc(C[C@@H]2O[C@H](COCc3ccccc3)[C@@H](OCc3ccccc3)[C@H](OCc3ccccc3)[C@H]2OCc2ccccc2)c(OCc2ccccc2)c1)(NC(C)=O)C(=O)OCC. The van der Waals surface area contributed by atoms with Crippen molar-refractivity contribution in [3.8, 4) is 5.75 Å². The summed E-state index contributed by atoms with van der Waals surface area (Å²) in [5, 5.41) is 2.58. The van der Waals surface area contributed by atoms with Gasteiger partial charge in [0.05, 0.1) is 52.4 Å². The minimum atomic E-state index is -2.16. The van der Waals surface area contributed by atoms with E-state index in [-0.39, 0.29) is 52.5 Å². The molecule has 1 N–H and O–H groups in total. The van der Waals surface area contributed by atoms with E-state index in [0.717, 1.165) is 33.4 Å². The molecule has 1 heterocycles. The van der Waals surface area contributed by atoms with Gasteiger partial charge >= 0.3 is 11.9 Å². The molecule has 0 saturated carbocycles. The first-order chi connectivity index (χ1) is 34.2. The lowest BCUT2D eigenvalue weighted by molar-refractivity contribution is -0.272. The van der Waals surface area contributed by atoms with E-state index in [2.05, 4.69) is 5.32 Å². The fourth-order valence-electron chi connectivity index (χ4n) is 8.50. The minimum Gasteiger partial charge on any atom is -0.489 e. The van der Waals surface area contributed by atoms with Crippen LogP contribution in [0.3, 0.4) is 0 Å². The fourth-order valence-corrected chi connectivity index (χ4v) is 8.50. The molecule has 1 saturated heterocycles. The van der Waals surface area contributed by atoms with Crippen LogP contribution in [0, 0.1) is 0 Å². The molecule has 0 aromatic heterocycles. The molecule has 0 radical (unpaired) electrons. The predicted octanol–water partition coefficient (Wildman–Crippen LogP) is 9.09. The van der Waals surface area contributed by atoms with Crippen molar-refractivity contribution < 1.29 is 52.3 Å². The highest BCUT2D eigenvalue weighted by Crippen LogP contribution is 2.35. The van der Waals surface area contributed by atoms with Crippen LogP contribution >= 0.6 is 0 Å². The molecule has 12 heteroatoms. The summed E-state index contributed by atoms with van der Waals surface area (Å²) in [7, 11) is 0. The van der Waals surface area contributed by atoms with Gasteiger partial charge in [0.25, 0.3) is 0 Å². The van der Waals surface area contributed by atoms with Crippen molar-refractivity contribution in [2.75, 3.05) is 19.8 Å². The highest BCUT2D eigenvalue weighted by molar-refractivity contribution is 6.08. The Kier molecular flexibility index (Phi) is 19.3. The number of benzene rings is 6. The van der Waals surface area contributed by atoms with E-state index in [4.69, 9.17) is 37.9 Å². The van der Waals surface area contributed by atoms with E-state index in [1.165, 1.54) is 6.92 Å². The molecule has 1 amide bonds. The van der Waals surface area contributed by atoms with E-state index in [1.54, 1.807) is 26.0 Å². The zero-order chi connectivity index (χ0) is 49.0. The maximum atomic E-state index is 13.7. The van der Waals surface area contributed by atoms with E-state index < -0.39 is 53.9 Å². The normalized spacial score (nSPS) is 17.8. The van der Waals surface area contributed by atoms with E-state index in [0.29, 0.717) is 24.5 Å². The fraction of sp³-hybridized carbons (Fsp3) is 0.328. The average Bonchev–Trinajstić information content (AvgIpc) is 3.38. The summed E-state index contributed by atoms with van der Waals surface area (Å²) in [6.07, 6.45) is -3.23. The summed E-state index contributed by atoms with van der Waals surface area (Å²) in [6.45, 7) is 6.04. The molecule has 6 aromatic carbocycles. The number of carbonyl (C=O) groups excluding carboxylic acids is 3. The Morgan fingerprint density at radius 1 is 0.514 bits per heavy atom. The van der Waals surface area contributed by atoms with Gasteiger partial charge in [-0.15, -0.1) is 0 Å². The number of nitrogens with one attached hydrogen (secondary N) is 1. The van der Waals surface area contributed by atoms with Crippen LogP contribution in [0.1, 0.15) is 59.7 Å². The first kappa shape index (κ1) is 51.2. The summed E-state index contributed by atoms with van der Waals surface area (Å²) >= 11 is 0. The summed E-state index contributed by atoms with van der Waals surface area (Å²) in [6, 6.07) is 55.1. The average molecular weight is 950 g/mol. The van der Waals surface area contributed by atoms with Crippen molar-refractivity contribution >= 4 is 17.8 Å². The molecular weight excluding hydrogens is 887 g/mol. The van der Waals surface area contributed by atoms with Gasteiger partial charge in [-0.25, -0.2) is 9.59 Å². The molecule has 5 atom stereocenters. The Hall–Kier alpha value is -6.67. The summed E-state index contributed by atoms with van der Waals surface area (Å²) in [5.74, 6) is -2.00. The summed E-state index contributed by atoms with van der Waals surface area (Å²) in [4.78, 5) is 40.2. The zero-order valence-corrected chi connectivity index (χ0v) is 40.1. The molecule has 0 bridgehead atoms. The highest BCUT2D eigenvalue weighted by Gasteiger charge is 2.51. The quantitative estimate of drug-likeness (QED) is 0.0435. The Bertz CT molecular complexity index is 2490. The molecule has 0 aliphatic carbocycles. The predicted molar refractivity (Wildman–Crippen MR) is 264 cm³/mol. The Morgan fingerprint density at radius 2 is 0.943 bits per heavy atom. The second kappa shape index (κ2) is 26.3. The number of ether oxygens (including phenoxy) is 8. The van der Waals surface area contributed by atoms with Gasteiger partial charge in [-0.05, 0) is 58.9 Å². The van der Waals surface area contributed by atoms with E-state index in [1.807, 2.05) is 158 Å². The van der Waals surface area contributed by atoms with Crippen LogP contribution in [-0.2, 0) is 93.4 Å². The topological polar surface area (TPSA) is 137 Å². The number of hydrogen-bond acceptors (Lipinski definition) is 11. The Balaban J connectivity index is 1.30. The van der Waals surface area contributed by atoms with Crippen LogP contribution in [0.25, 0.3) is 0 Å². The summed E-state index contributed by atoms with van der Waals surface area (Å²) < 4.78 is 52.1. The third kappa shape index (κ3) is 14.4. The smallest absolute Gasteiger partial charge is 0.344 e. The van der Waals surface area contributed by atoms with Crippen molar-refractivity contribution in [3.63, 3.8) is 0 Å². The first-order valence-corrected chi connectivity index (χ1v) is 23.9. The molecule has 6 aromatic rings. The molecule has 1 fully saturated rings. The monoisotopic (exact) mass is 949 g/mol. The summed E-state index contributed by atoms with van der Waals surface area (Å²) in [5.41, 5.74) is 3.99. The van der Waals surface area contributed by atoms with Crippen LogP contribution in [0.5, 0.6) is 5.75 Å². The van der Waals surface area contributed by atoms with Gasteiger partial charge in [0, 0.05) is 19.8 Å². The van der Waals surface area contributed by atoms with Crippen LogP contribution in [0.4, 0.5) is 0 Å². The molecule has 1 aliphatic heterocycles.